The highest BCUT2D eigenvalue weighted by Crippen LogP contribution is 2.22. The largest absolute Gasteiger partial charge is 0.508 e. The number of carbonyl (C=O) groups excluding carboxylic acids is 13. The molecule has 0 aliphatic carbocycles. The van der Waals surface area contributed by atoms with Gasteiger partial charge in [0.15, 0.2) is 0 Å². The van der Waals surface area contributed by atoms with Gasteiger partial charge in [0, 0.05) is 38.6 Å². The second-order valence-corrected chi connectivity index (χ2v) is 26.4. The molecule has 1 saturated heterocycles. The molecule has 1 fully saturated rings. The van der Waals surface area contributed by atoms with E-state index in [-0.39, 0.29) is 69.5 Å². The number of phenolic OH excluding ortho intramolecular Hbond substituents is 2. The van der Waals surface area contributed by atoms with E-state index < -0.39 is 224 Å². The first-order valence-corrected chi connectivity index (χ1v) is 34.9. The summed E-state index contributed by atoms with van der Waals surface area (Å²) in [5.74, 6) is -19.1. The number of likely N-dealkylation sites (tertiary alicyclic amines) is 1. The summed E-state index contributed by atoms with van der Waals surface area (Å²) in [5, 5.41) is 96.4. The summed E-state index contributed by atoms with van der Waals surface area (Å²) in [7, 11) is 0. The number of nitrogens with two attached hydrogens (primary N) is 3. The summed E-state index contributed by atoms with van der Waals surface area (Å²) in [4.78, 5) is 218. The predicted molar refractivity (Wildman–Crippen MR) is 381 cm³/mol. The molecule has 0 bridgehead atoms. The highest BCUT2D eigenvalue weighted by molar-refractivity contribution is 6.01. The van der Waals surface area contributed by atoms with Gasteiger partial charge in [-0.1, -0.05) is 68.4 Å². The first-order chi connectivity index (χ1) is 50.9. The molecule has 3 aromatic rings. The summed E-state index contributed by atoms with van der Waals surface area (Å²) in [6.07, 6.45) is -6.09. The quantitative estimate of drug-likeness (QED) is 0.0235. The van der Waals surface area contributed by atoms with Crippen LogP contribution in [0.3, 0.4) is 0 Å². The van der Waals surface area contributed by atoms with Gasteiger partial charge in [-0.05, 0) is 119 Å². The zero-order chi connectivity index (χ0) is 80.6. The van der Waals surface area contributed by atoms with E-state index in [2.05, 4.69) is 58.5 Å². The van der Waals surface area contributed by atoms with Gasteiger partial charge in [0.05, 0.1) is 19.1 Å². The number of benzene rings is 3. The number of hydrogen-bond acceptors (Lipinski definition) is 22. The molecule has 592 valence electrons. The minimum absolute atomic E-state index is 0.0677. The molecular weight excluding hydrogens is 1420 g/mol. The smallest absolute Gasteiger partial charge is 0.325 e. The number of carboxylic acid groups (broad SMARTS) is 3. The molecular formula is C70H99N15O23. The van der Waals surface area contributed by atoms with E-state index in [0.29, 0.717) is 23.1 Å². The van der Waals surface area contributed by atoms with Crippen LogP contribution in [0.15, 0.2) is 78.9 Å². The second kappa shape index (κ2) is 43.9. The number of carbonyl (C=O) groups is 16. The number of hydrogen-bond donors (Lipinski definition) is 21. The number of aliphatic carboxylic acids is 3. The Bertz CT molecular complexity index is 3640. The Balaban J connectivity index is 1.64. The van der Waals surface area contributed by atoms with E-state index in [9.17, 15) is 112 Å². The molecule has 13 amide bonds. The summed E-state index contributed by atoms with van der Waals surface area (Å²) < 4.78 is 0. The van der Waals surface area contributed by atoms with Crippen molar-refractivity contribution in [2.75, 3.05) is 19.7 Å². The molecule has 108 heavy (non-hydrogen) atoms. The van der Waals surface area contributed by atoms with E-state index in [1.54, 1.807) is 44.2 Å². The van der Waals surface area contributed by atoms with Gasteiger partial charge in [0.2, 0.25) is 76.8 Å². The normalized spacial score (nSPS) is 16.1. The Labute approximate surface area is 620 Å². The third kappa shape index (κ3) is 29.5. The maximum atomic E-state index is 14.9. The number of amides is 13. The monoisotopic (exact) mass is 1520 g/mol. The first-order valence-electron chi connectivity index (χ1n) is 34.9. The third-order valence-corrected chi connectivity index (χ3v) is 17.3. The number of nitrogens with one attached hydrogen (secondary N) is 11. The topological polar surface area (TPSA) is 628 Å². The lowest BCUT2D eigenvalue weighted by molar-refractivity contribution is -0.146. The van der Waals surface area contributed by atoms with Crippen molar-refractivity contribution in [2.24, 2.45) is 23.1 Å². The summed E-state index contributed by atoms with van der Waals surface area (Å²) in [5.41, 5.74) is 17.8. The zero-order valence-corrected chi connectivity index (χ0v) is 60.3. The lowest BCUT2D eigenvalue weighted by Crippen LogP contribution is -2.62. The summed E-state index contributed by atoms with van der Waals surface area (Å²) in [6, 6.07) is -2.12. The van der Waals surface area contributed by atoms with Gasteiger partial charge in [0.25, 0.3) is 0 Å². The summed E-state index contributed by atoms with van der Waals surface area (Å²) >= 11 is 0. The number of unbranched alkanes of at least 4 members (excludes halogenated alkanes) is 1. The van der Waals surface area contributed by atoms with Crippen molar-refractivity contribution in [3.63, 3.8) is 0 Å². The van der Waals surface area contributed by atoms with Crippen LogP contribution in [0.2, 0.25) is 0 Å². The minimum atomic E-state index is -2.01. The number of nitrogens with zero attached hydrogens (tertiary/aromatic N) is 1. The Morgan fingerprint density at radius 3 is 1.38 bits per heavy atom. The van der Waals surface area contributed by atoms with Crippen molar-refractivity contribution >= 4 is 94.7 Å². The molecule has 0 aromatic heterocycles. The zero-order valence-electron chi connectivity index (χ0n) is 60.3. The Morgan fingerprint density at radius 1 is 0.472 bits per heavy atom. The van der Waals surface area contributed by atoms with Gasteiger partial charge < -0.3 is 116 Å². The van der Waals surface area contributed by atoms with Crippen molar-refractivity contribution in [1.82, 2.24) is 63.4 Å². The highest BCUT2D eigenvalue weighted by Gasteiger charge is 2.42. The number of carboxylic acids is 3. The number of rotatable bonds is 45. The van der Waals surface area contributed by atoms with Gasteiger partial charge in [0.1, 0.15) is 90.0 Å². The van der Waals surface area contributed by atoms with Crippen LogP contribution in [0.1, 0.15) is 116 Å². The SMILES string of the molecule is CC(C)[C@H](NC(=O)[C@H](C)NC(=O)[C@H](Cc1ccc(O)cc1)NC(=O)[C@H](Cc1ccc(O)cc1)NC(=O)[C@H](Cc1ccccc1)NC(=O)[C@@H](NC(=O)[C@H](CCC(N)=O)NC(=O)[C@@H]1CCCN1C(=O)[C@H](CC(=O)O)NC(=O)[C@H](CCC(=O)O)NC(=O)[C@H](CCCCN)NC(=O)[C@@H](N)CO)[C@@H](C)O)C(=O)N[C@@H](C)C(=O)O. The van der Waals surface area contributed by atoms with Crippen molar-refractivity contribution in [3.05, 3.63) is 95.6 Å². The maximum absolute atomic E-state index is 14.9. The van der Waals surface area contributed by atoms with E-state index in [1.807, 2.05) is 0 Å². The van der Waals surface area contributed by atoms with E-state index in [4.69, 9.17) is 17.2 Å². The fourth-order valence-corrected chi connectivity index (χ4v) is 11.1. The Hall–Kier alpha value is -11.4. The summed E-state index contributed by atoms with van der Waals surface area (Å²) in [6.45, 7) is 5.84. The van der Waals surface area contributed by atoms with Gasteiger partial charge in [-0.25, -0.2) is 0 Å². The molecule has 0 unspecified atom stereocenters. The number of phenols is 2. The number of aliphatic hydroxyl groups excluding tert-OH is 2. The molecule has 24 N–H and O–H groups in total. The van der Waals surface area contributed by atoms with Gasteiger partial charge in [-0.15, -0.1) is 0 Å². The van der Waals surface area contributed by atoms with Crippen molar-refractivity contribution < 1.29 is 112 Å². The van der Waals surface area contributed by atoms with Gasteiger partial charge in [-0.2, -0.15) is 0 Å². The first kappa shape index (κ1) is 89.0. The molecule has 1 heterocycles. The standard InChI is InChI=1S/C70H99N15O23/c1-35(2)56(67(104)75-37(4)70(107)108)83-58(95)36(3)74-63(100)48(31-40-16-20-42(88)21-17-40)79-64(101)49(32-41-18-22-43(89)23-19-41)80-65(102)50(30-39-12-7-6-8-13-39)81-68(105)57(38(5)87)84-62(99)46(24-26-53(73)90)78-66(103)52-15-11-29-85(52)69(106)51(33-55(93)94)82-61(98)47(25-27-54(91)92)77-60(97)45(14-9-10-28-71)76-59(96)44(72)34-86/h6-8,12-13,16-23,35-38,44-52,56-57,86-89H,9-11,14-15,24-34,71-72H2,1-5H3,(H2,73,90)(H,74,100)(H,75,104)(H,76,96)(H,77,97)(H,78,103)(H,79,101)(H,80,102)(H,81,105)(H,82,98)(H,83,95)(H,84,99)(H,91,92)(H,93,94)(H,107,108)/t36-,37-,38+,44-,45-,46-,47-,48-,49-,50-,51-,52-,56-,57-/m0/s1. The van der Waals surface area contributed by atoms with E-state index in [1.165, 1.54) is 62.4 Å². The van der Waals surface area contributed by atoms with Crippen LogP contribution in [-0.4, -0.2) is 240 Å². The van der Waals surface area contributed by atoms with Crippen LogP contribution in [-0.2, 0) is 96.0 Å². The molecule has 1 aliphatic heterocycles. The van der Waals surface area contributed by atoms with Crippen LogP contribution in [0.4, 0.5) is 0 Å². The van der Waals surface area contributed by atoms with Gasteiger partial charge in [-0.3, -0.25) is 76.7 Å². The number of aliphatic hydroxyl groups is 2. The average molecular weight is 1520 g/mol. The molecule has 38 heteroatoms. The van der Waals surface area contributed by atoms with Crippen LogP contribution in [0.5, 0.6) is 11.5 Å². The fraction of sp³-hybridized carbons (Fsp3) is 0.514. The van der Waals surface area contributed by atoms with E-state index in [0.717, 1.165) is 11.8 Å². The number of aromatic hydroxyl groups is 2. The van der Waals surface area contributed by atoms with Crippen LogP contribution < -0.4 is 75.7 Å². The number of primary amides is 1. The molecule has 0 spiro atoms. The lowest BCUT2D eigenvalue weighted by Gasteiger charge is -2.31. The highest BCUT2D eigenvalue weighted by atomic mass is 16.4. The lowest BCUT2D eigenvalue weighted by atomic mass is 10.00. The third-order valence-electron chi connectivity index (χ3n) is 17.3. The van der Waals surface area contributed by atoms with Crippen molar-refractivity contribution in [2.45, 2.75) is 203 Å². The maximum Gasteiger partial charge on any atom is 0.325 e. The minimum Gasteiger partial charge on any atom is -0.508 e. The van der Waals surface area contributed by atoms with Gasteiger partial charge >= 0.3 is 17.9 Å². The van der Waals surface area contributed by atoms with Crippen molar-refractivity contribution in [3.8, 4) is 11.5 Å². The van der Waals surface area contributed by atoms with Crippen LogP contribution in [0, 0.1) is 5.92 Å². The molecule has 0 radical (unpaired) electrons. The molecule has 0 saturated carbocycles. The van der Waals surface area contributed by atoms with Crippen molar-refractivity contribution in [1.29, 1.82) is 0 Å². The van der Waals surface area contributed by atoms with Crippen LogP contribution >= 0.6 is 0 Å². The Morgan fingerprint density at radius 2 is 0.898 bits per heavy atom. The second-order valence-electron chi connectivity index (χ2n) is 26.4. The molecule has 4 rings (SSSR count). The Kier molecular flexibility index (Phi) is 36.2. The van der Waals surface area contributed by atoms with E-state index >= 15 is 0 Å². The molecule has 14 atom stereocenters. The molecule has 38 nitrogen and oxygen atoms in total. The fourth-order valence-electron chi connectivity index (χ4n) is 11.1. The van der Waals surface area contributed by atoms with Crippen LogP contribution in [0.25, 0.3) is 0 Å². The molecule has 3 aromatic carbocycles. The molecule has 1 aliphatic rings. The average Bonchev–Trinajstić information content (AvgIpc) is 1.52. The predicted octanol–water partition coefficient (Wildman–Crippen LogP) is -5.34.